The maximum Gasteiger partial charge on any atom is 0.349 e. The number of nitrogen functional groups attached to an aromatic ring is 1. The smallest absolute Gasteiger partial charge is 0.349 e. The number of hydrogen-bond donors (Lipinski definition) is 5. The zero-order valence-electron chi connectivity index (χ0n) is 20.7. The normalized spacial score (nSPS) is 15.0. The SMILES string of the molecule is Nc1ccccc1CS(=O)(=O)C(Nc1cccc(-c2sc(C(=O)O)c(OCC(=O)O)c2Cl)c1)C1CCNCC1. The van der Waals surface area contributed by atoms with Gasteiger partial charge in [0.2, 0.25) is 0 Å². The Morgan fingerprint density at radius 3 is 2.54 bits per heavy atom. The molecule has 6 N–H and O–H groups in total. The number of sulfone groups is 1. The molecular formula is C26H28ClN3O7S2. The van der Waals surface area contributed by atoms with Crippen molar-refractivity contribution in [3.05, 3.63) is 64.0 Å². The number of benzene rings is 2. The second-order valence-electron chi connectivity index (χ2n) is 9.13. The van der Waals surface area contributed by atoms with Crippen molar-refractivity contribution >= 4 is 56.1 Å². The van der Waals surface area contributed by atoms with E-state index in [-0.39, 0.29) is 27.3 Å². The number of para-hydroxylation sites is 1. The van der Waals surface area contributed by atoms with Gasteiger partial charge in [-0.1, -0.05) is 41.9 Å². The van der Waals surface area contributed by atoms with Gasteiger partial charge in [-0.05, 0) is 61.2 Å². The fourth-order valence-electron chi connectivity index (χ4n) is 4.52. The lowest BCUT2D eigenvalue weighted by Crippen LogP contribution is -2.43. The van der Waals surface area contributed by atoms with Gasteiger partial charge in [-0.3, -0.25) is 0 Å². The number of nitrogens with one attached hydrogen (secondary N) is 2. The molecule has 0 aliphatic carbocycles. The van der Waals surface area contributed by atoms with Crippen molar-refractivity contribution in [3.63, 3.8) is 0 Å². The zero-order chi connectivity index (χ0) is 28.2. The number of thiophene rings is 1. The van der Waals surface area contributed by atoms with Gasteiger partial charge in [0, 0.05) is 11.4 Å². The number of carbonyl (C=O) groups is 2. The van der Waals surface area contributed by atoms with Crippen LogP contribution in [0, 0.1) is 5.92 Å². The lowest BCUT2D eigenvalue weighted by Gasteiger charge is -2.32. The van der Waals surface area contributed by atoms with Crippen LogP contribution in [0.25, 0.3) is 10.4 Å². The van der Waals surface area contributed by atoms with E-state index in [0.29, 0.717) is 53.3 Å². The Morgan fingerprint density at radius 2 is 1.87 bits per heavy atom. The quantitative estimate of drug-likeness (QED) is 0.203. The molecule has 0 spiro atoms. The van der Waals surface area contributed by atoms with Crippen molar-refractivity contribution in [2.75, 3.05) is 30.7 Å². The van der Waals surface area contributed by atoms with Crippen molar-refractivity contribution in [1.29, 1.82) is 0 Å². The Kier molecular flexibility index (Phi) is 9.01. The van der Waals surface area contributed by atoms with Crippen LogP contribution >= 0.6 is 22.9 Å². The lowest BCUT2D eigenvalue weighted by molar-refractivity contribution is -0.139. The molecule has 0 radical (unpaired) electrons. The first kappa shape index (κ1) is 28.7. The third kappa shape index (κ3) is 6.82. The molecule has 1 unspecified atom stereocenters. The highest BCUT2D eigenvalue weighted by atomic mass is 35.5. The Hall–Kier alpha value is -3.32. The topological polar surface area (TPSA) is 168 Å². The Bertz CT molecular complexity index is 1470. The van der Waals surface area contributed by atoms with Crippen LogP contribution < -0.4 is 21.1 Å². The molecule has 0 bridgehead atoms. The number of anilines is 2. The molecule has 1 saturated heterocycles. The number of nitrogens with two attached hydrogens (primary N) is 1. The number of aromatic carboxylic acids is 1. The van der Waals surface area contributed by atoms with Crippen LogP contribution in [0.4, 0.5) is 11.4 Å². The first-order valence-corrected chi connectivity index (χ1v) is 15.0. The number of hydrogen-bond acceptors (Lipinski definition) is 9. The van der Waals surface area contributed by atoms with E-state index >= 15 is 0 Å². The Balaban J connectivity index is 1.67. The molecule has 1 fully saturated rings. The summed E-state index contributed by atoms with van der Waals surface area (Å²) in [7, 11) is -3.71. The first-order valence-electron chi connectivity index (χ1n) is 12.1. The zero-order valence-corrected chi connectivity index (χ0v) is 23.1. The molecule has 2 heterocycles. The van der Waals surface area contributed by atoms with E-state index in [2.05, 4.69) is 10.6 Å². The summed E-state index contributed by atoms with van der Waals surface area (Å²) < 4.78 is 32.6. The number of carboxylic acid groups (broad SMARTS) is 2. The molecule has 1 aromatic heterocycles. The second kappa shape index (κ2) is 12.2. The van der Waals surface area contributed by atoms with Gasteiger partial charge in [0.25, 0.3) is 0 Å². The molecule has 10 nitrogen and oxygen atoms in total. The predicted molar refractivity (Wildman–Crippen MR) is 151 cm³/mol. The van der Waals surface area contributed by atoms with Crippen LogP contribution in [0.1, 0.15) is 28.1 Å². The van der Waals surface area contributed by atoms with Gasteiger partial charge in [-0.2, -0.15) is 0 Å². The van der Waals surface area contributed by atoms with E-state index in [4.69, 9.17) is 27.2 Å². The Morgan fingerprint density at radius 1 is 1.15 bits per heavy atom. The monoisotopic (exact) mass is 593 g/mol. The summed E-state index contributed by atoms with van der Waals surface area (Å²) in [5.74, 6) is -3.17. The minimum atomic E-state index is -3.71. The van der Waals surface area contributed by atoms with Crippen LogP contribution in [0.3, 0.4) is 0 Å². The molecule has 1 aliphatic heterocycles. The van der Waals surface area contributed by atoms with Crippen LogP contribution in [0.15, 0.2) is 48.5 Å². The standard InChI is InChI=1S/C26H28ClN3O7S2/c27-21-22(37-13-20(31)32)24(26(33)34)38-23(21)16-5-3-6-18(12-16)30-25(15-8-10-29-11-9-15)39(35,36)14-17-4-1-2-7-19(17)28/h1-7,12,15,25,29-30H,8-11,13-14,28H2,(H,31,32)(H,33,34). The van der Waals surface area contributed by atoms with Gasteiger partial charge in [-0.25, -0.2) is 18.0 Å². The molecule has 1 aliphatic rings. The minimum Gasteiger partial charge on any atom is -0.479 e. The third-order valence-electron chi connectivity index (χ3n) is 6.39. The fraction of sp³-hybridized carbons (Fsp3) is 0.308. The van der Waals surface area contributed by atoms with Crippen LogP contribution in [0.5, 0.6) is 5.75 Å². The van der Waals surface area contributed by atoms with E-state index in [1.807, 2.05) is 0 Å². The molecule has 13 heteroatoms. The average Bonchev–Trinajstić information content (AvgIpc) is 3.24. The van der Waals surface area contributed by atoms with Gasteiger partial charge in [0.05, 0.1) is 10.6 Å². The minimum absolute atomic E-state index is 0.0297. The molecule has 208 valence electrons. The van der Waals surface area contributed by atoms with Crippen molar-refractivity contribution < 1.29 is 33.0 Å². The molecule has 4 rings (SSSR count). The largest absolute Gasteiger partial charge is 0.479 e. The van der Waals surface area contributed by atoms with Gasteiger partial charge in [-0.15, -0.1) is 11.3 Å². The first-order chi connectivity index (χ1) is 18.6. The molecule has 39 heavy (non-hydrogen) atoms. The number of carboxylic acids is 2. The maximum absolute atomic E-state index is 13.7. The summed E-state index contributed by atoms with van der Waals surface area (Å²) in [4.78, 5) is 22.8. The molecule has 0 amide bonds. The molecule has 3 aromatic rings. The summed E-state index contributed by atoms with van der Waals surface area (Å²) in [6, 6.07) is 13.7. The van der Waals surface area contributed by atoms with E-state index < -0.39 is 33.8 Å². The highest BCUT2D eigenvalue weighted by molar-refractivity contribution is 7.91. The number of piperidine rings is 1. The van der Waals surface area contributed by atoms with E-state index in [0.717, 1.165) is 11.3 Å². The lowest BCUT2D eigenvalue weighted by atomic mass is 9.97. The van der Waals surface area contributed by atoms with Crippen molar-refractivity contribution in [3.8, 4) is 16.2 Å². The van der Waals surface area contributed by atoms with E-state index in [1.165, 1.54) is 0 Å². The van der Waals surface area contributed by atoms with Crippen LogP contribution in [0.2, 0.25) is 5.02 Å². The summed E-state index contributed by atoms with van der Waals surface area (Å²) in [5.41, 5.74) is 8.02. The van der Waals surface area contributed by atoms with Crippen LogP contribution in [-0.2, 0) is 20.4 Å². The summed E-state index contributed by atoms with van der Waals surface area (Å²) in [5, 5.41) is 24.1. The number of rotatable bonds is 11. The van der Waals surface area contributed by atoms with Crippen molar-refractivity contribution in [2.45, 2.75) is 24.0 Å². The van der Waals surface area contributed by atoms with Gasteiger partial charge in [0.15, 0.2) is 27.1 Å². The van der Waals surface area contributed by atoms with E-state index in [9.17, 15) is 23.1 Å². The number of aliphatic carboxylic acids is 1. The summed E-state index contributed by atoms with van der Waals surface area (Å²) >= 11 is 7.29. The molecule has 0 saturated carbocycles. The number of ether oxygens (including phenoxy) is 1. The fourth-order valence-corrected chi connectivity index (χ4v) is 7.97. The van der Waals surface area contributed by atoms with Gasteiger partial charge >= 0.3 is 11.9 Å². The van der Waals surface area contributed by atoms with Crippen molar-refractivity contribution in [1.82, 2.24) is 5.32 Å². The number of halogens is 1. The second-order valence-corrected chi connectivity index (χ2v) is 12.7. The van der Waals surface area contributed by atoms with Crippen LogP contribution in [-0.4, -0.2) is 55.6 Å². The highest BCUT2D eigenvalue weighted by Crippen LogP contribution is 2.46. The van der Waals surface area contributed by atoms with E-state index in [1.54, 1.807) is 48.5 Å². The highest BCUT2D eigenvalue weighted by Gasteiger charge is 2.35. The molecule has 1 atom stereocenters. The molecular weight excluding hydrogens is 566 g/mol. The summed E-state index contributed by atoms with van der Waals surface area (Å²) in [6.45, 7) is 0.654. The van der Waals surface area contributed by atoms with Crippen molar-refractivity contribution in [2.24, 2.45) is 5.92 Å². The van der Waals surface area contributed by atoms with Gasteiger partial charge < -0.3 is 31.3 Å². The molecule has 2 aromatic carbocycles. The average molecular weight is 594 g/mol. The van der Waals surface area contributed by atoms with Gasteiger partial charge in [0.1, 0.15) is 10.4 Å². The maximum atomic E-state index is 13.7. The summed E-state index contributed by atoms with van der Waals surface area (Å²) in [6.07, 6.45) is 1.34. The third-order valence-corrected chi connectivity index (χ3v) is 10.1. The Labute approximate surface area is 234 Å². The predicted octanol–water partition coefficient (Wildman–Crippen LogP) is 4.16.